The van der Waals surface area contributed by atoms with E-state index >= 15 is 0 Å². The molecule has 0 bridgehead atoms. The molecule has 1 aliphatic heterocycles. The van der Waals surface area contributed by atoms with Crippen molar-refractivity contribution in [3.8, 4) is 11.5 Å². The summed E-state index contributed by atoms with van der Waals surface area (Å²) in [5, 5.41) is 28.0. The van der Waals surface area contributed by atoms with Gasteiger partial charge in [-0.15, -0.1) is 10.2 Å². The molecular formula is C18H18N5O3-. The summed E-state index contributed by atoms with van der Waals surface area (Å²) in [5.74, 6) is 1.39. The zero-order valence-corrected chi connectivity index (χ0v) is 14.0. The maximum absolute atomic E-state index is 10.8. The van der Waals surface area contributed by atoms with Crippen LogP contribution in [0, 0.1) is 5.21 Å². The second-order valence-electron chi connectivity index (χ2n) is 6.34. The SMILES string of the molecule is [O-]N(O)c1ccc(CN2CCC(c3nnc(-c4ccncc4)o3)C2)cc1. The van der Waals surface area contributed by atoms with E-state index in [9.17, 15) is 5.21 Å². The smallest absolute Gasteiger partial charge is 0.247 e. The van der Waals surface area contributed by atoms with Crippen LogP contribution in [0.2, 0.25) is 0 Å². The van der Waals surface area contributed by atoms with Gasteiger partial charge in [-0.05, 0) is 42.8 Å². The van der Waals surface area contributed by atoms with Crippen LogP contribution in [0.3, 0.4) is 0 Å². The Bertz CT molecular complexity index is 851. The fraction of sp³-hybridized carbons (Fsp3) is 0.278. The zero-order valence-electron chi connectivity index (χ0n) is 14.0. The van der Waals surface area contributed by atoms with Gasteiger partial charge in [-0.3, -0.25) is 15.1 Å². The molecule has 0 amide bonds. The maximum Gasteiger partial charge on any atom is 0.247 e. The van der Waals surface area contributed by atoms with Gasteiger partial charge in [-0.2, -0.15) is 0 Å². The molecular weight excluding hydrogens is 334 g/mol. The molecule has 0 radical (unpaired) electrons. The summed E-state index contributed by atoms with van der Waals surface area (Å²) in [4.78, 5) is 6.30. The average molecular weight is 352 g/mol. The Labute approximate surface area is 150 Å². The van der Waals surface area contributed by atoms with Gasteiger partial charge in [0.25, 0.3) is 0 Å². The van der Waals surface area contributed by atoms with E-state index in [1.54, 1.807) is 24.5 Å². The van der Waals surface area contributed by atoms with Crippen LogP contribution in [-0.2, 0) is 6.54 Å². The summed E-state index contributed by atoms with van der Waals surface area (Å²) in [6.45, 7) is 2.55. The molecule has 0 spiro atoms. The predicted octanol–water partition coefficient (Wildman–Crippen LogP) is 2.81. The van der Waals surface area contributed by atoms with Crippen LogP contribution in [0.4, 0.5) is 5.69 Å². The van der Waals surface area contributed by atoms with Crippen molar-refractivity contribution in [1.82, 2.24) is 20.1 Å². The monoisotopic (exact) mass is 352 g/mol. The van der Waals surface area contributed by atoms with Crippen molar-refractivity contribution in [1.29, 1.82) is 0 Å². The standard InChI is InChI=1S/C18H18N5O3/c24-23(25)16-3-1-13(2-4-16)11-22-10-7-15(12-22)18-21-20-17(26-18)14-5-8-19-9-6-14/h1-6,8-9,15,24H,7,10-12H2/q-1. The van der Waals surface area contributed by atoms with Crippen molar-refractivity contribution in [2.45, 2.75) is 18.9 Å². The number of hydrogen-bond acceptors (Lipinski definition) is 8. The summed E-state index contributed by atoms with van der Waals surface area (Å²) in [6.07, 6.45) is 4.36. The van der Waals surface area contributed by atoms with Gasteiger partial charge in [0.2, 0.25) is 11.8 Å². The minimum absolute atomic E-state index is 0.133. The quantitative estimate of drug-likeness (QED) is 0.700. The first-order valence-electron chi connectivity index (χ1n) is 8.40. The molecule has 1 saturated heterocycles. The zero-order chi connectivity index (χ0) is 17.9. The van der Waals surface area contributed by atoms with Gasteiger partial charge in [-0.25, -0.2) is 0 Å². The molecule has 3 aromatic rings. The first-order chi connectivity index (χ1) is 12.7. The van der Waals surface area contributed by atoms with Crippen LogP contribution in [-0.4, -0.2) is 38.4 Å². The number of likely N-dealkylation sites (tertiary alicyclic amines) is 1. The molecule has 134 valence electrons. The highest BCUT2D eigenvalue weighted by Crippen LogP contribution is 2.29. The van der Waals surface area contributed by atoms with Gasteiger partial charge >= 0.3 is 0 Å². The first kappa shape index (κ1) is 16.6. The van der Waals surface area contributed by atoms with Gasteiger partial charge in [0.05, 0.1) is 11.6 Å². The second-order valence-corrected chi connectivity index (χ2v) is 6.34. The largest absolute Gasteiger partial charge is 0.733 e. The summed E-state index contributed by atoms with van der Waals surface area (Å²) in [6, 6.07) is 10.6. The van der Waals surface area contributed by atoms with Gasteiger partial charge in [0.15, 0.2) is 0 Å². The fourth-order valence-electron chi connectivity index (χ4n) is 3.18. The molecule has 0 saturated carbocycles. The number of benzene rings is 1. The van der Waals surface area contributed by atoms with E-state index < -0.39 is 0 Å². The van der Waals surface area contributed by atoms with Gasteiger partial charge in [0.1, 0.15) is 0 Å². The number of aromatic nitrogens is 3. The van der Waals surface area contributed by atoms with Gasteiger partial charge in [0, 0.05) is 31.0 Å². The van der Waals surface area contributed by atoms with Gasteiger partial charge in [-0.1, -0.05) is 12.1 Å². The highest BCUT2D eigenvalue weighted by molar-refractivity contribution is 5.50. The molecule has 1 aromatic carbocycles. The van der Waals surface area contributed by atoms with Crippen LogP contribution >= 0.6 is 0 Å². The van der Waals surface area contributed by atoms with Crippen LogP contribution in [0.5, 0.6) is 0 Å². The van der Waals surface area contributed by atoms with E-state index in [0.717, 1.165) is 37.2 Å². The van der Waals surface area contributed by atoms with E-state index in [1.165, 1.54) is 0 Å². The van der Waals surface area contributed by atoms with Crippen molar-refractivity contribution < 1.29 is 9.62 Å². The minimum Gasteiger partial charge on any atom is -0.733 e. The predicted molar refractivity (Wildman–Crippen MR) is 94.2 cm³/mol. The van der Waals surface area contributed by atoms with Crippen LogP contribution in [0.15, 0.2) is 53.2 Å². The lowest BCUT2D eigenvalue weighted by molar-refractivity contribution is 0.296. The molecule has 1 fully saturated rings. The molecule has 4 rings (SSSR count). The Hall–Kier alpha value is -2.81. The normalized spacial score (nSPS) is 17.5. The Kier molecular flexibility index (Phi) is 4.61. The molecule has 26 heavy (non-hydrogen) atoms. The number of pyridine rings is 1. The average Bonchev–Trinajstić information content (AvgIpc) is 3.32. The highest BCUT2D eigenvalue weighted by Gasteiger charge is 2.28. The Morgan fingerprint density at radius 2 is 1.92 bits per heavy atom. The molecule has 1 unspecified atom stereocenters. The molecule has 2 aromatic heterocycles. The topological polar surface area (TPSA) is 102 Å². The van der Waals surface area contributed by atoms with Crippen molar-refractivity contribution in [3.05, 3.63) is 65.5 Å². The number of rotatable bonds is 5. The molecule has 0 aliphatic carbocycles. The number of anilines is 1. The second kappa shape index (κ2) is 7.20. The van der Waals surface area contributed by atoms with Crippen molar-refractivity contribution >= 4 is 5.69 Å². The van der Waals surface area contributed by atoms with Crippen LogP contribution < -0.4 is 5.23 Å². The van der Waals surface area contributed by atoms with Crippen molar-refractivity contribution in [2.24, 2.45) is 0 Å². The summed E-state index contributed by atoms with van der Waals surface area (Å²) in [5.41, 5.74) is 2.17. The lowest BCUT2D eigenvalue weighted by atomic mass is 10.1. The fourth-order valence-corrected chi connectivity index (χ4v) is 3.18. The van der Waals surface area contributed by atoms with E-state index in [-0.39, 0.29) is 16.8 Å². The van der Waals surface area contributed by atoms with E-state index in [0.29, 0.717) is 11.8 Å². The molecule has 1 atom stereocenters. The molecule has 8 nitrogen and oxygen atoms in total. The highest BCUT2D eigenvalue weighted by atomic mass is 16.8. The Morgan fingerprint density at radius 1 is 1.15 bits per heavy atom. The minimum atomic E-state index is -0.133. The molecule has 1 N–H and O–H groups in total. The number of hydrogen-bond donors (Lipinski definition) is 1. The molecule has 1 aliphatic rings. The van der Waals surface area contributed by atoms with E-state index in [4.69, 9.17) is 9.62 Å². The summed E-state index contributed by atoms with van der Waals surface area (Å²) >= 11 is 0. The van der Waals surface area contributed by atoms with E-state index in [1.807, 2.05) is 24.3 Å². The molecule has 8 heteroatoms. The lowest BCUT2D eigenvalue weighted by Gasteiger charge is -2.22. The maximum atomic E-state index is 10.8. The third kappa shape index (κ3) is 3.57. The van der Waals surface area contributed by atoms with E-state index in [2.05, 4.69) is 20.1 Å². The third-order valence-corrected chi connectivity index (χ3v) is 4.55. The van der Waals surface area contributed by atoms with Crippen molar-refractivity contribution in [2.75, 3.05) is 18.3 Å². The Morgan fingerprint density at radius 3 is 2.65 bits per heavy atom. The first-order valence-corrected chi connectivity index (χ1v) is 8.40. The van der Waals surface area contributed by atoms with Crippen LogP contribution in [0.25, 0.3) is 11.5 Å². The lowest BCUT2D eigenvalue weighted by Crippen LogP contribution is -2.19. The van der Waals surface area contributed by atoms with Gasteiger partial charge < -0.3 is 14.9 Å². The van der Waals surface area contributed by atoms with Crippen LogP contribution in [0.1, 0.15) is 23.8 Å². The Balaban J connectivity index is 1.39. The number of nitrogens with zero attached hydrogens (tertiary/aromatic N) is 5. The summed E-state index contributed by atoms with van der Waals surface area (Å²) in [7, 11) is 0. The third-order valence-electron chi connectivity index (χ3n) is 4.55. The summed E-state index contributed by atoms with van der Waals surface area (Å²) < 4.78 is 5.85. The van der Waals surface area contributed by atoms with Crippen molar-refractivity contribution in [3.63, 3.8) is 0 Å². The molecule has 3 heterocycles.